The summed E-state index contributed by atoms with van der Waals surface area (Å²) >= 11 is 2.82. The standard InChI is InChI=1S/C17H24N4O2S2/c1-11-14(24-9-7-18)25-16(19-11)20-13(22)12-6-5-8-21(10-12)15(23)17(2,3)4/h12H,5-6,8-10H2,1-4H3,(H,19,20,22). The molecule has 1 atom stereocenters. The van der Waals surface area contributed by atoms with Crippen LogP contribution >= 0.6 is 23.1 Å². The Bertz CT molecular complexity index is 688. The second kappa shape index (κ2) is 8.19. The van der Waals surface area contributed by atoms with Gasteiger partial charge < -0.3 is 10.2 Å². The van der Waals surface area contributed by atoms with Crippen LogP contribution in [0.15, 0.2) is 4.21 Å². The summed E-state index contributed by atoms with van der Waals surface area (Å²) in [6.07, 6.45) is 1.61. The Morgan fingerprint density at radius 1 is 1.48 bits per heavy atom. The van der Waals surface area contributed by atoms with Crippen molar-refractivity contribution in [3.8, 4) is 6.07 Å². The minimum absolute atomic E-state index is 0.0861. The third-order valence-electron chi connectivity index (χ3n) is 3.97. The predicted octanol–water partition coefficient (Wildman–Crippen LogP) is 3.29. The Labute approximate surface area is 157 Å². The van der Waals surface area contributed by atoms with E-state index in [4.69, 9.17) is 5.26 Å². The average molecular weight is 381 g/mol. The van der Waals surface area contributed by atoms with Gasteiger partial charge in [-0.05, 0) is 19.8 Å². The number of thioether (sulfide) groups is 1. The smallest absolute Gasteiger partial charge is 0.231 e. The van der Waals surface area contributed by atoms with E-state index in [1.165, 1.54) is 23.1 Å². The van der Waals surface area contributed by atoms with Crippen LogP contribution in [0.25, 0.3) is 0 Å². The van der Waals surface area contributed by atoms with Crippen molar-refractivity contribution in [2.24, 2.45) is 11.3 Å². The number of hydrogen-bond donors (Lipinski definition) is 1. The summed E-state index contributed by atoms with van der Waals surface area (Å²) in [6.45, 7) is 8.75. The van der Waals surface area contributed by atoms with E-state index < -0.39 is 5.41 Å². The van der Waals surface area contributed by atoms with Gasteiger partial charge in [-0.25, -0.2) is 4.98 Å². The first kappa shape index (κ1) is 19.7. The highest BCUT2D eigenvalue weighted by Gasteiger charge is 2.33. The molecule has 1 aliphatic heterocycles. The lowest BCUT2D eigenvalue weighted by Gasteiger charge is -2.35. The molecule has 2 heterocycles. The first-order valence-electron chi connectivity index (χ1n) is 8.29. The van der Waals surface area contributed by atoms with E-state index >= 15 is 0 Å². The molecule has 0 spiro atoms. The van der Waals surface area contributed by atoms with Crippen molar-refractivity contribution < 1.29 is 9.59 Å². The number of carbonyl (C=O) groups is 2. The van der Waals surface area contributed by atoms with Gasteiger partial charge in [0.05, 0.1) is 27.6 Å². The first-order chi connectivity index (χ1) is 11.7. The van der Waals surface area contributed by atoms with Crippen LogP contribution < -0.4 is 5.32 Å². The quantitative estimate of drug-likeness (QED) is 0.810. The third kappa shape index (κ3) is 5.19. The zero-order valence-corrected chi connectivity index (χ0v) is 16.7. The maximum atomic E-state index is 12.6. The SMILES string of the molecule is Cc1nc(NC(=O)C2CCCN(C(=O)C(C)(C)C)C2)sc1SCC#N. The Morgan fingerprint density at radius 3 is 2.84 bits per heavy atom. The van der Waals surface area contributed by atoms with Gasteiger partial charge in [0.25, 0.3) is 0 Å². The molecule has 0 aromatic carbocycles. The predicted molar refractivity (Wildman–Crippen MR) is 101 cm³/mol. The van der Waals surface area contributed by atoms with Crippen LogP contribution in [-0.2, 0) is 9.59 Å². The fourth-order valence-electron chi connectivity index (χ4n) is 2.73. The molecule has 2 rings (SSSR count). The maximum absolute atomic E-state index is 12.6. The average Bonchev–Trinajstić information content (AvgIpc) is 2.90. The number of piperidine rings is 1. The summed E-state index contributed by atoms with van der Waals surface area (Å²) in [5, 5.41) is 12.1. The van der Waals surface area contributed by atoms with E-state index in [-0.39, 0.29) is 17.7 Å². The van der Waals surface area contributed by atoms with Crippen LogP contribution in [-0.4, -0.2) is 40.5 Å². The molecule has 6 nitrogen and oxygen atoms in total. The molecule has 2 amide bonds. The Morgan fingerprint density at radius 2 is 2.20 bits per heavy atom. The van der Waals surface area contributed by atoms with Gasteiger partial charge >= 0.3 is 0 Å². The van der Waals surface area contributed by atoms with Crippen molar-refractivity contribution in [2.75, 3.05) is 24.2 Å². The minimum Gasteiger partial charge on any atom is -0.341 e. The normalized spacial score (nSPS) is 17.9. The van der Waals surface area contributed by atoms with Crippen molar-refractivity contribution >= 4 is 40.0 Å². The van der Waals surface area contributed by atoms with Crippen molar-refractivity contribution in [1.29, 1.82) is 5.26 Å². The number of aryl methyl sites for hydroxylation is 1. The second-order valence-electron chi connectivity index (χ2n) is 7.17. The van der Waals surface area contributed by atoms with Gasteiger partial charge in [0.1, 0.15) is 0 Å². The number of nitrogens with zero attached hydrogens (tertiary/aromatic N) is 3. The van der Waals surface area contributed by atoms with Crippen LogP contribution in [0.5, 0.6) is 0 Å². The third-order valence-corrected chi connectivity index (χ3v) is 6.28. The number of thiazole rings is 1. The number of aromatic nitrogens is 1. The molecule has 25 heavy (non-hydrogen) atoms. The van der Waals surface area contributed by atoms with E-state index in [9.17, 15) is 9.59 Å². The number of rotatable bonds is 4. The molecule has 1 aromatic heterocycles. The summed E-state index contributed by atoms with van der Waals surface area (Å²) in [4.78, 5) is 31.2. The molecule has 1 unspecified atom stereocenters. The van der Waals surface area contributed by atoms with E-state index in [2.05, 4.69) is 16.4 Å². The van der Waals surface area contributed by atoms with Crippen molar-refractivity contribution in [3.63, 3.8) is 0 Å². The number of amides is 2. The number of likely N-dealkylation sites (tertiary alicyclic amines) is 1. The van der Waals surface area contributed by atoms with E-state index in [1.54, 1.807) is 4.90 Å². The highest BCUT2D eigenvalue weighted by atomic mass is 32.2. The molecule has 1 fully saturated rings. The zero-order valence-electron chi connectivity index (χ0n) is 15.1. The highest BCUT2D eigenvalue weighted by molar-refractivity contribution is 8.01. The fraction of sp³-hybridized carbons (Fsp3) is 0.647. The van der Waals surface area contributed by atoms with Crippen molar-refractivity contribution in [1.82, 2.24) is 9.88 Å². The van der Waals surface area contributed by atoms with Gasteiger partial charge in [0.15, 0.2) is 5.13 Å². The molecule has 0 radical (unpaired) electrons. The molecular formula is C17H24N4O2S2. The second-order valence-corrected chi connectivity index (χ2v) is 9.41. The Kier molecular flexibility index (Phi) is 6.47. The highest BCUT2D eigenvalue weighted by Crippen LogP contribution is 2.32. The minimum atomic E-state index is -0.433. The molecule has 1 aliphatic rings. The topological polar surface area (TPSA) is 86.1 Å². The van der Waals surface area contributed by atoms with Gasteiger partial charge in [0, 0.05) is 18.5 Å². The summed E-state index contributed by atoms with van der Waals surface area (Å²) in [7, 11) is 0. The van der Waals surface area contributed by atoms with E-state index in [0.29, 0.717) is 24.0 Å². The van der Waals surface area contributed by atoms with Gasteiger partial charge in [0.2, 0.25) is 11.8 Å². The number of hydrogen-bond acceptors (Lipinski definition) is 6. The Hall–Kier alpha value is -1.59. The van der Waals surface area contributed by atoms with Gasteiger partial charge in [-0.1, -0.05) is 43.9 Å². The number of anilines is 1. The lowest BCUT2D eigenvalue weighted by atomic mass is 9.91. The molecule has 1 aromatic rings. The monoisotopic (exact) mass is 380 g/mol. The van der Waals surface area contributed by atoms with Crippen LogP contribution in [0.1, 0.15) is 39.3 Å². The molecule has 0 bridgehead atoms. The van der Waals surface area contributed by atoms with Crippen molar-refractivity contribution in [2.45, 2.75) is 44.7 Å². The lowest BCUT2D eigenvalue weighted by Crippen LogP contribution is -2.47. The fourth-order valence-corrected chi connectivity index (χ4v) is 4.53. The summed E-state index contributed by atoms with van der Waals surface area (Å²) in [6, 6.07) is 2.09. The summed E-state index contributed by atoms with van der Waals surface area (Å²) < 4.78 is 0.949. The van der Waals surface area contributed by atoms with E-state index in [0.717, 1.165) is 22.7 Å². The van der Waals surface area contributed by atoms with Gasteiger partial charge in [-0.2, -0.15) is 5.26 Å². The van der Waals surface area contributed by atoms with E-state index in [1.807, 2.05) is 27.7 Å². The molecule has 8 heteroatoms. The molecule has 1 N–H and O–H groups in total. The summed E-state index contributed by atoms with van der Waals surface area (Å²) in [5.74, 6) is 0.157. The van der Waals surface area contributed by atoms with Gasteiger partial charge in [-0.3, -0.25) is 9.59 Å². The zero-order chi connectivity index (χ0) is 18.6. The molecule has 0 saturated carbocycles. The van der Waals surface area contributed by atoms with Crippen LogP contribution in [0.2, 0.25) is 0 Å². The van der Waals surface area contributed by atoms with Crippen LogP contribution in [0.4, 0.5) is 5.13 Å². The Balaban J connectivity index is 1.99. The number of nitriles is 1. The number of carbonyl (C=O) groups excluding carboxylic acids is 2. The summed E-state index contributed by atoms with van der Waals surface area (Å²) in [5.41, 5.74) is 0.395. The van der Waals surface area contributed by atoms with Gasteiger partial charge in [-0.15, -0.1) is 0 Å². The largest absolute Gasteiger partial charge is 0.341 e. The number of nitrogens with one attached hydrogen (secondary N) is 1. The molecule has 1 saturated heterocycles. The molecule has 0 aliphatic carbocycles. The van der Waals surface area contributed by atoms with Crippen LogP contribution in [0.3, 0.4) is 0 Å². The molecule has 136 valence electrons. The van der Waals surface area contributed by atoms with Crippen LogP contribution in [0, 0.1) is 29.6 Å². The first-order valence-corrected chi connectivity index (χ1v) is 10.1. The maximum Gasteiger partial charge on any atom is 0.231 e. The van der Waals surface area contributed by atoms with Crippen molar-refractivity contribution in [3.05, 3.63) is 5.69 Å². The molecular weight excluding hydrogens is 356 g/mol. The lowest BCUT2D eigenvalue weighted by molar-refractivity contribution is -0.142.